The van der Waals surface area contributed by atoms with Crippen LogP contribution >= 0.6 is 0 Å². The lowest BCUT2D eigenvalue weighted by Gasteiger charge is -2.22. The number of aliphatic hydroxyl groups is 1. The van der Waals surface area contributed by atoms with Gasteiger partial charge in [0.2, 0.25) is 0 Å². The first-order valence-corrected chi connectivity index (χ1v) is 3.02. The molecule has 1 rings (SSSR count). The Kier molecular flexibility index (Phi) is 1.75. The zero-order valence-corrected chi connectivity index (χ0v) is 5.76. The van der Waals surface area contributed by atoms with Crippen molar-refractivity contribution in [3.8, 4) is 0 Å². The highest BCUT2D eigenvalue weighted by atomic mass is 16.7. The van der Waals surface area contributed by atoms with E-state index in [2.05, 4.69) is 0 Å². The van der Waals surface area contributed by atoms with Gasteiger partial charge < -0.3 is 14.6 Å². The molecule has 1 aliphatic heterocycles. The van der Waals surface area contributed by atoms with E-state index >= 15 is 0 Å². The predicted molar refractivity (Wildman–Crippen MR) is 32.0 cm³/mol. The Labute approximate surface area is 54.6 Å². The molecule has 1 aliphatic rings. The molecule has 54 valence electrons. The standard InChI is InChI=1S/C6H12O3/c1-6(2,7)5-3-8-4-9-5/h5,7H,3-4H2,1-2H3. The minimum Gasteiger partial charge on any atom is -0.388 e. The molecule has 0 bridgehead atoms. The van der Waals surface area contributed by atoms with Crippen LogP contribution in [-0.4, -0.2) is 30.2 Å². The van der Waals surface area contributed by atoms with Crippen LogP contribution in [0.5, 0.6) is 0 Å². The van der Waals surface area contributed by atoms with Crippen molar-refractivity contribution in [3.05, 3.63) is 0 Å². The van der Waals surface area contributed by atoms with E-state index in [1.54, 1.807) is 13.8 Å². The van der Waals surface area contributed by atoms with E-state index in [0.29, 0.717) is 13.4 Å². The third-order valence-electron chi connectivity index (χ3n) is 1.41. The van der Waals surface area contributed by atoms with Gasteiger partial charge in [0, 0.05) is 0 Å². The first-order chi connectivity index (χ1) is 4.11. The summed E-state index contributed by atoms with van der Waals surface area (Å²) in [5.41, 5.74) is -0.767. The van der Waals surface area contributed by atoms with Crippen LogP contribution in [0, 0.1) is 0 Å². The van der Waals surface area contributed by atoms with Crippen LogP contribution in [0.1, 0.15) is 13.8 Å². The fourth-order valence-electron chi connectivity index (χ4n) is 0.741. The Bertz CT molecular complexity index is 89.0. The zero-order valence-electron chi connectivity index (χ0n) is 5.76. The van der Waals surface area contributed by atoms with Crippen LogP contribution in [-0.2, 0) is 9.47 Å². The lowest BCUT2D eigenvalue weighted by molar-refractivity contribution is -0.0593. The summed E-state index contributed by atoms with van der Waals surface area (Å²) in [5, 5.41) is 9.31. The Morgan fingerprint density at radius 1 is 1.56 bits per heavy atom. The van der Waals surface area contributed by atoms with Gasteiger partial charge in [-0.3, -0.25) is 0 Å². The van der Waals surface area contributed by atoms with Gasteiger partial charge in [0.15, 0.2) is 0 Å². The van der Waals surface area contributed by atoms with E-state index < -0.39 is 5.60 Å². The molecule has 1 heterocycles. The van der Waals surface area contributed by atoms with Gasteiger partial charge in [-0.25, -0.2) is 0 Å². The van der Waals surface area contributed by atoms with E-state index in [-0.39, 0.29) is 6.10 Å². The second-order valence-electron chi connectivity index (χ2n) is 2.80. The van der Waals surface area contributed by atoms with Crippen molar-refractivity contribution in [2.24, 2.45) is 0 Å². The highest BCUT2D eigenvalue weighted by molar-refractivity contribution is 4.79. The molecule has 0 aliphatic carbocycles. The molecular formula is C6H12O3. The largest absolute Gasteiger partial charge is 0.388 e. The minimum absolute atomic E-state index is 0.155. The van der Waals surface area contributed by atoms with Crippen LogP contribution in [0.15, 0.2) is 0 Å². The van der Waals surface area contributed by atoms with Crippen LogP contribution in [0.2, 0.25) is 0 Å². The molecule has 3 nitrogen and oxygen atoms in total. The van der Waals surface area contributed by atoms with Crippen molar-refractivity contribution in [1.29, 1.82) is 0 Å². The summed E-state index contributed by atoms with van der Waals surface area (Å²) in [6.07, 6.45) is -0.155. The van der Waals surface area contributed by atoms with Gasteiger partial charge >= 0.3 is 0 Å². The van der Waals surface area contributed by atoms with E-state index in [1.165, 1.54) is 0 Å². The van der Waals surface area contributed by atoms with Crippen molar-refractivity contribution in [2.75, 3.05) is 13.4 Å². The van der Waals surface area contributed by atoms with Crippen molar-refractivity contribution < 1.29 is 14.6 Å². The maximum absolute atomic E-state index is 9.31. The van der Waals surface area contributed by atoms with Gasteiger partial charge in [-0.1, -0.05) is 0 Å². The van der Waals surface area contributed by atoms with E-state index in [0.717, 1.165) is 0 Å². The molecule has 1 saturated heterocycles. The summed E-state index contributed by atoms with van der Waals surface area (Å²) >= 11 is 0. The average Bonchev–Trinajstić information content (AvgIpc) is 2.08. The van der Waals surface area contributed by atoms with Gasteiger partial charge in [-0.15, -0.1) is 0 Å². The lowest BCUT2D eigenvalue weighted by Crippen LogP contribution is -2.37. The third-order valence-corrected chi connectivity index (χ3v) is 1.41. The first-order valence-electron chi connectivity index (χ1n) is 3.02. The highest BCUT2D eigenvalue weighted by Crippen LogP contribution is 2.16. The predicted octanol–water partition coefficient (Wildman–Crippen LogP) is 0.130. The Balaban J connectivity index is 2.42. The van der Waals surface area contributed by atoms with Gasteiger partial charge in [-0.2, -0.15) is 0 Å². The molecule has 0 saturated carbocycles. The summed E-state index contributed by atoms with van der Waals surface area (Å²) in [4.78, 5) is 0. The molecule has 0 aromatic rings. The Morgan fingerprint density at radius 3 is 2.44 bits per heavy atom. The minimum atomic E-state index is -0.767. The molecule has 1 N–H and O–H groups in total. The summed E-state index contributed by atoms with van der Waals surface area (Å²) in [7, 11) is 0. The average molecular weight is 132 g/mol. The third kappa shape index (κ3) is 1.64. The van der Waals surface area contributed by atoms with Crippen LogP contribution in [0.3, 0.4) is 0 Å². The summed E-state index contributed by atoms with van der Waals surface area (Å²) in [6.45, 7) is 4.25. The van der Waals surface area contributed by atoms with Gasteiger partial charge in [0.25, 0.3) is 0 Å². The number of hydrogen-bond acceptors (Lipinski definition) is 3. The molecule has 1 atom stereocenters. The SMILES string of the molecule is CC(C)(O)C1COCO1. The maximum atomic E-state index is 9.31. The van der Waals surface area contributed by atoms with E-state index in [1.807, 2.05) is 0 Å². The van der Waals surface area contributed by atoms with Crippen molar-refractivity contribution in [1.82, 2.24) is 0 Å². The molecule has 0 spiro atoms. The van der Waals surface area contributed by atoms with Gasteiger partial charge in [-0.05, 0) is 13.8 Å². The molecule has 0 aromatic heterocycles. The summed E-state index contributed by atoms with van der Waals surface area (Å²) in [6, 6.07) is 0. The number of rotatable bonds is 1. The van der Waals surface area contributed by atoms with E-state index in [9.17, 15) is 5.11 Å². The summed E-state index contributed by atoms with van der Waals surface area (Å²) < 4.78 is 9.95. The number of hydrogen-bond donors (Lipinski definition) is 1. The highest BCUT2D eigenvalue weighted by Gasteiger charge is 2.31. The molecule has 0 radical (unpaired) electrons. The molecule has 3 heteroatoms. The monoisotopic (exact) mass is 132 g/mol. The maximum Gasteiger partial charge on any atom is 0.147 e. The van der Waals surface area contributed by atoms with Crippen LogP contribution in [0.4, 0.5) is 0 Å². The molecule has 0 amide bonds. The first kappa shape index (κ1) is 6.99. The second kappa shape index (κ2) is 2.25. The second-order valence-corrected chi connectivity index (χ2v) is 2.80. The fourth-order valence-corrected chi connectivity index (χ4v) is 0.741. The molecule has 1 unspecified atom stereocenters. The normalized spacial score (nSPS) is 29.0. The van der Waals surface area contributed by atoms with Crippen LogP contribution in [0.25, 0.3) is 0 Å². The van der Waals surface area contributed by atoms with Crippen molar-refractivity contribution in [2.45, 2.75) is 25.6 Å². The number of ether oxygens (including phenoxy) is 2. The van der Waals surface area contributed by atoms with Gasteiger partial charge in [0.1, 0.15) is 12.9 Å². The molecule has 9 heavy (non-hydrogen) atoms. The van der Waals surface area contributed by atoms with Gasteiger partial charge in [0.05, 0.1) is 12.2 Å². The smallest absolute Gasteiger partial charge is 0.147 e. The topological polar surface area (TPSA) is 38.7 Å². The van der Waals surface area contributed by atoms with Crippen molar-refractivity contribution >= 4 is 0 Å². The molecular weight excluding hydrogens is 120 g/mol. The fraction of sp³-hybridized carbons (Fsp3) is 1.00. The van der Waals surface area contributed by atoms with Crippen molar-refractivity contribution in [3.63, 3.8) is 0 Å². The Morgan fingerprint density at radius 2 is 2.22 bits per heavy atom. The van der Waals surface area contributed by atoms with Crippen LogP contribution < -0.4 is 0 Å². The molecule has 1 fully saturated rings. The quantitative estimate of drug-likeness (QED) is 0.551. The lowest BCUT2D eigenvalue weighted by atomic mass is 10.0. The van der Waals surface area contributed by atoms with E-state index in [4.69, 9.17) is 9.47 Å². The molecule has 0 aromatic carbocycles. The Hall–Kier alpha value is -0.120. The zero-order chi connectivity index (χ0) is 6.91. The summed E-state index contributed by atoms with van der Waals surface area (Å²) in [5.74, 6) is 0.